The Labute approximate surface area is 248 Å². The fraction of sp³-hybridized carbons (Fsp3) is 0.300. The number of anilines is 3. The first-order valence-corrected chi connectivity index (χ1v) is 13.4. The van der Waals surface area contributed by atoms with Gasteiger partial charge in [0.25, 0.3) is 5.91 Å². The van der Waals surface area contributed by atoms with Gasteiger partial charge in [-0.2, -0.15) is 13.2 Å². The summed E-state index contributed by atoms with van der Waals surface area (Å²) in [6, 6.07) is 10.8. The number of nitrogens with one attached hydrogen (secondary N) is 3. The standard InChI is InChI=1S/C30H30F3N7O.ClH/c1-18-3-5-23(14-27(18)40-29-37-12-9-26(39-29)22-15-35-17-36-16-22)38-28(41)21-4-6-24(25(13-21)30(31,32)33)19(2)20-7-10-34-11-8-20;/h3-6,9,12-17,19-20,34H,7-8,10-11H2,1-2H3,(H,38,41)(H,37,39,40);1H. The van der Waals surface area contributed by atoms with E-state index in [9.17, 15) is 18.0 Å². The van der Waals surface area contributed by atoms with Crippen LogP contribution >= 0.6 is 12.4 Å². The zero-order chi connectivity index (χ0) is 29.0. The van der Waals surface area contributed by atoms with Crippen molar-refractivity contribution >= 4 is 35.6 Å². The zero-order valence-corrected chi connectivity index (χ0v) is 23.9. The Morgan fingerprint density at radius 3 is 2.50 bits per heavy atom. The number of carbonyl (C=O) groups excluding carboxylic acids is 1. The Kier molecular flexibility index (Phi) is 9.74. The molecule has 2 aromatic heterocycles. The smallest absolute Gasteiger partial charge is 0.324 e. The number of alkyl halides is 3. The molecule has 0 radical (unpaired) electrons. The number of hydrogen-bond donors (Lipinski definition) is 3. The predicted octanol–water partition coefficient (Wildman–Crippen LogP) is 6.78. The first-order chi connectivity index (χ1) is 19.7. The number of carbonyl (C=O) groups is 1. The van der Waals surface area contributed by atoms with Crippen LogP contribution in [0.2, 0.25) is 0 Å². The molecule has 5 rings (SSSR count). The quantitative estimate of drug-likeness (QED) is 0.216. The van der Waals surface area contributed by atoms with E-state index in [1.807, 2.05) is 13.8 Å². The second-order valence-corrected chi connectivity index (χ2v) is 10.2. The summed E-state index contributed by atoms with van der Waals surface area (Å²) in [6.45, 7) is 5.31. The van der Waals surface area contributed by atoms with E-state index in [0.717, 1.165) is 43.1 Å². The average Bonchev–Trinajstić information content (AvgIpc) is 2.99. The highest BCUT2D eigenvalue weighted by atomic mass is 35.5. The molecule has 1 unspecified atom stereocenters. The lowest BCUT2D eigenvalue weighted by molar-refractivity contribution is -0.138. The largest absolute Gasteiger partial charge is 0.416 e. The van der Waals surface area contributed by atoms with E-state index >= 15 is 0 Å². The molecule has 1 aliphatic heterocycles. The highest BCUT2D eigenvalue weighted by Crippen LogP contribution is 2.40. The predicted molar refractivity (Wildman–Crippen MR) is 158 cm³/mol. The summed E-state index contributed by atoms with van der Waals surface area (Å²) in [6.07, 6.45) is 3.39. The Morgan fingerprint density at radius 1 is 1.05 bits per heavy atom. The van der Waals surface area contributed by atoms with Crippen molar-refractivity contribution < 1.29 is 18.0 Å². The molecule has 0 aliphatic carbocycles. The molecule has 0 bridgehead atoms. The first-order valence-electron chi connectivity index (χ1n) is 13.4. The summed E-state index contributed by atoms with van der Waals surface area (Å²) < 4.78 is 42.3. The van der Waals surface area contributed by atoms with Crippen molar-refractivity contribution in [2.24, 2.45) is 5.92 Å². The van der Waals surface area contributed by atoms with Crippen LogP contribution in [0.3, 0.4) is 0 Å². The van der Waals surface area contributed by atoms with E-state index in [4.69, 9.17) is 0 Å². The van der Waals surface area contributed by atoms with Crippen molar-refractivity contribution in [3.8, 4) is 11.3 Å². The second kappa shape index (κ2) is 13.3. The van der Waals surface area contributed by atoms with Crippen molar-refractivity contribution in [2.45, 2.75) is 38.8 Å². The third-order valence-electron chi connectivity index (χ3n) is 7.46. The number of piperidine rings is 1. The Bertz CT molecular complexity index is 1530. The SMILES string of the molecule is Cc1ccc(NC(=O)c2ccc(C(C)C3CCNCC3)c(C(F)(F)F)c2)cc1Nc1nccc(-c2cncnc2)n1.Cl. The molecule has 8 nitrogen and oxygen atoms in total. The second-order valence-electron chi connectivity index (χ2n) is 10.2. The van der Waals surface area contributed by atoms with Gasteiger partial charge in [0, 0.05) is 41.1 Å². The van der Waals surface area contributed by atoms with E-state index in [2.05, 4.69) is 35.9 Å². The molecule has 2 aromatic carbocycles. The molecule has 4 aromatic rings. The fourth-order valence-electron chi connectivity index (χ4n) is 5.11. The van der Waals surface area contributed by atoms with Gasteiger partial charge in [-0.1, -0.05) is 19.1 Å². The van der Waals surface area contributed by atoms with Crippen LogP contribution in [0.4, 0.5) is 30.5 Å². The lowest BCUT2D eigenvalue weighted by Gasteiger charge is -2.30. The van der Waals surface area contributed by atoms with Gasteiger partial charge in [0.2, 0.25) is 5.95 Å². The van der Waals surface area contributed by atoms with E-state index in [1.165, 1.54) is 18.5 Å². The molecule has 42 heavy (non-hydrogen) atoms. The minimum absolute atomic E-state index is 0. The average molecular weight is 598 g/mol. The summed E-state index contributed by atoms with van der Waals surface area (Å²) in [4.78, 5) is 29.9. The van der Waals surface area contributed by atoms with E-state index in [0.29, 0.717) is 23.0 Å². The number of halogens is 4. The molecule has 1 amide bonds. The van der Waals surface area contributed by atoms with Gasteiger partial charge < -0.3 is 16.0 Å². The molecule has 3 heterocycles. The van der Waals surface area contributed by atoms with Crippen molar-refractivity contribution in [1.29, 1.82) is 0 Å². The van der Waals surface area contributed by atoms with E-state index < -0.39 is 17.6 Å². The molecule has 220 valence electrons. The van der Waals surface area contributed by atoms with Crippen LogP contribution in [-0.4, -0.2) is 38.9 Å². The van der Waals surface area contributed by atoms with Gasteiger partial charge in [0.15, 0.2) is 0 Å². The maximum absolute atomic E-state index is 14.1. The fourth-order valence-corrected chi connectivity index (χ4v) is 5.11. The number of benzene rings is 2. The van der Waals surface area contributed by atoms with Crippen LogP contribution in [-0.2, 0) is 6.18 Å². The third-order valence-corrected chi connectivity index (χ3v) is 7.46. The van der Waals surface area contributed by atoms with Crippen molar-refractivity contribution in [1.82, 2.24) is 25.3 Å². The molecule has 0 spiro atoms. The molecule has 1 atom stereocenters. The maximum Gasteiger partial charge on any atom is 0.416 e. The molecule has 1 aliphatic rings. The Hall–Kier alpha value is -4.09. The molecular formula is C30H31ClF3N7O. The van der Waals surface area contributed by atoms with Gasteiger partial charge in [-0.15, -0.1) is 12.4 Å². The minimum atomic E-state index is -4.58. The molecule has 3 N–H and O–H groups in total. The maximum atomic E-state index is 14.1. The zero-order valence-electron chi connectivity index (χ0n) is 23.1. The summed E-state index contributed by atoms with van der Waals surface area (Å²) in [5.41, 5.74) is 2.66. The van der Waals surface area contributed by atoms with Gasteiger partial charge in [-0.3, -0.25) is 4.79 Å². The van der Waals surface area contributed by atoms with Crippen LogP contribution < -0.4 is 16.0 Å². The summed E-state index contributed by atoms with van der Waals surface area (Å²) in [7, 11) is 0. The summed E-state index contributed by atoms with van der Waals surface area (Å²) in [5, 5.41) is 9.13. The summed E-state index contributed by atoms with van der Waals surface area (Å²) >= 11 is 0. The van der Waals surface area contributed by atoms with Crippen molar-refractivity contribution in [2.75, 3.05) is 23.7 Å². The molecule has 1 fully saturated rings. The monoisotopic (exact) mass is 597 g/mol. The van der Waals surface area contributed by atoms with E-state index in [-0.39, 0.29) is 35.4 Å². The van der Waals surface area contributed by atoms with Gasteiger partial charge in [0.05, 0.1) is 11.3 Å². The van der Waals surface area contributed by atoms with Crippen LogP contribution in [0.15, 0.2) is 67.4 Å². The normalized spacial score (nSPS) is 14.5. The number of aryl methyl sites for hydroxylation is 1. The molecule has 1 saturated heterocycles. The number of amides is 1. The number of aromatic nitrogens is 4. The van der Waals surface area contributed by atoms with Crippen molar-refractivity contribution in [3.63, 3.8) is 0 Å². The molecule has 12 heteroatoms. The van der Waals surface area contributed by atoms with Crippen LogP contribution in [0.5, 0.6) is 0 Å². The molecule has 0 saturated carbocycles. The Morgan fingerprint density at radius 2 is 1.79 bits per heavy atom. The highest BCUT2D eigenvalue weighted by molar-refractivity contribution is 6.04. The van der Waals surface area contributed by atoms with Crippen LogP contribution in [0.1, 0.15) is 52.7 Å². The van der Waals surface area contributed by atoms with Gasteiger partial charge in [-0.25, -0.2) is 19.9 Å². The molecular weight excluding hydrogens is 567 g/mol. The van der Waals surface area contributed by atoms with Gasteiger partial charge in [-0.05, 0) is 86.1 Å². The number of hydrogen-bond acceptors (Lipinski definition) is 7. The number of rotatable bonds is 7. The lowest BCUT2D eigenvalue weighted by Crippen LogP contribution is -2.30. The minimum Gasteiger partial charge on any atom is -0.324 e. The lowest BCUT2D eigenvalue weighted by atomic mass is 9.79. The van der Waals surface area contributed by atoms with E-state index in [1.54, 1.807) is 42.9 Å². The van der Waals surface area contributed by atoms with Gasteiger partial charge in [0.1, 0.15) is 6.33 Å². The van der Waals surface area contributed by atoms with Crippen molar-refractivity contribution in [3.05, 3.63) is 89.6 Å². The highest BCUT2D eigenvalue weighted by Gasteiger charge is 2.37. The van der Waals surface area contributed by atoms with Crippen LogP contribution in [0, 0.1) is 12.8 Å². The Balaban J connectivity index is 0.00000405. The topological polar surface area (TPSA) is 105 Å². The first kappa shape index (κ1) is 30.9. The third kappa shape index (κ3) is 7.21. The van der Waals surface area contributed by atoms with Gasteiger partial charge >= 0.3 is 6.18 Å². The number of nitrogens with zero attached hydrogens (tertiary/aromatic N) is 4. The summed E-state index contributed by atoms with van der Waals surface area (Å²) in [5.74, 6) is -0.423. The van der Waals surface area contributed by atoms with Crippen LogP contribution in [0.25, 0.3) is 11.3 Å².